The first kappa shape index (κ1) is 29.4. The van der Waals surface area contributed by atoms with Crippen LogP contribution >= 0.6 is 22.6 Å². The summed E-state index contributed by atoms with van der Waals surface area (Å²) >= 11 is 2.53. The molecule has 0 spiro atoms. The smallest absolute Gasteiger partial charge is 0.461 e. The van der Waals surface area contributed by atoms with Gasteiger partial charge in [0.05, 0.1) is 0 Å². The third-order valence-corrected chi connectivity index (χ3v) is 10.8. The maximum Gasteiger partial charge on any atom is 0.508 e. The van der Waals surface area contributed by atoms with Crippen LogP contribution < -0.4 is 0 Å². The van der Waals surface area contributed by atoms with Gasteiger partial charge in [-0.25, -0.2) is 4.79 Å². The summed E-state index contributed by atoms with van der Waals surface area (Å²) in [6.07, 6.45) is 18.6. The van der Waals surface area contributed by atoms with E-state index in [1.54, 1.807) is 12.5 Å². The van der Waals surface area contributed by atoms with Crippen LogP contribution in [0.4, 0.5) is 4.79 Å². The summed E-state index contributed by atoms with van der Waals surface area (Å²) in [7, 11) is 0. The highest BCUT2D eigenvalue weighted by atomic mass is 127. The Morgan fingerprint density at radius 2 is 1.79 bits per heavy atom. The van der Waals surface area contributed by atoms with E-state index in [2.05, 4.69) is 74.2 Å². The van der Waals surface area contributed by atoms with Crippen LogP contribution in [0.1, 0.15) is 85.5 Å². The molecule has 4 fully saturated rings. The van der Waals surface area contributed by atoms with Crippen molar-refractivity contribution in [1.82, 2.24) is 0 Å². The molecule has 3 saturated carbocycles. The third kappa shape index (κ3) is 6.42. The van der Waals surface area contributed by atoms with Crippen LogP contribution in [0, 0.1) is 28.6 Å². The fourth-order valence-electron chi connectivity index (χ4n) is 6.82. The van der Waals surface area contributed by atoms with Crippen LogP contribution in [0.3, 0.4) is 0 Å². The normalized spacial score (nSPS) is 33.9. The maximum atomic E-state index is 12.9. The van der Waals surface area contributed by atoms with Gasteiger partial charge in [-0.3, -0.25) is 4.79 Å². The van der Waals surface area contributed by atoms with E-state index < -0.39 is 11.6 Å². The molecule has 0 radical (unpaired) electrons. The van der Waals surface area contributed by atoms with E-state index in [-0.39, 0.29) is 25.3 Å². The quantitative estimate of drug-likeness (QED) is 0.122. The average Bonchev–Trinajstić information content (AvgIpc) is 3.35. The molecular weight excluding hydrogens is 591 g/mol. The number of carbonyl (C=O) groups excluding carboxylic acids is 2. The highest BCUT2D eigenvalue weighted by Crippen LogP contribution is 2.58. The highest BCUT2D eigenvalue weighted by Gasteiger charge is 2.48. The molecular formula is C32H45IO5. The molecule has 3 aliphatic carbocycles. The Hall–Kier alpha value is -1.57. The summed E-state index contributed by atoms with van der Waals surface area (Å²) in [5.41, 5.74) is 3.35. The molecule has 0 aromatic heterocycles. The first-order valence-corrected chi connectivity index (χ1v) is 15.7. The first-order chi connectivity index (χ1) is 18.0. The first-order valence-electron chi connectivity index (χ1n) is 14.4. The molecule has 1 saturated heterocycles. The number of carbonyl (C=O) groups is 2. The Bertz CT molecular complexity index is 997. The average molecular weight is 637 g/mol. The largest absolute Gasteiger partial charge is 0.508 e. The molecule has 1 aliphatic heterocycles. The van der Waals surface area contributed by atoms with E-state index in [1.165, 1.54) is 44.1 Å². The minimum absolute atomic E-state index is 0.00829. The predicted octanol–water partition coefficient (Wildman–Crippen LogP) is 8.29. The zero-order chi connectivity index (χ0) is 27.5. The molecule has 0 aromatic rings. The number of esters is 1. The lowest BCUT2D eigenvalue weighted by molar-refractivity contribution is -0.172. The standard InChI is InChI=1S/C32H45IO5/c1-21(24(4)33)10-12-23(3)32-16-6-8-25(28(32)9-7-17-32)13-14-26-18-27(15-11-22(26)2)38-29(34)31(5)19-36-30(35)37-20-31/h10,12-14,21,23-24,27-28H,2,6-9,11,15-20H2,1,3-5H3/b12-10+,25-13+,26-14-/t21-,23+,24?,27?,28-,32+/m0/s1. The molecule has 2 unspecified atom stereocenters. The van der Waals surface area contributed by atoms with Crippen molar-refractivity contribution in [1.29, 1.82) is 0 Å². The fourth-order valence-corrected chi connectivity index (χ4v) is 7.06. The maximum absolute atomic E-state index is 12.9. The van der Waals surface area contributed by atoms with Crippen molar-refractivity contribution in [2.45, 2.75) is 95.5 Å². The van der Waals surface area contributed by atoms with Crippen molar-refractivity contribution < 1.29 is 23.8 Å². The van der Waals surface area contributed by atoms with Crippen LogP contribution in [0.5, 0.6) is 0 Å². The van der Waals surface area contributed by atoms with Gasteiger partial charge in [0.2, 0.25) is 0 Å². The van der Waals surface area contributed by atoms with Gasteiger partial charge in [0.1, 0.15) is 24.7 Å². The van der Waals surface area contributed by atoms with Crippen molar-refractivity contribution in [3.05, 3.63) is 47.6 Å². The highest BCUT2D eigenvalue weighted by molar-refractivity contribution is 14.1. The molecule has 6 heteroatoms. The summed E-state index contributed by atoms with van der Waals surface area (Å²) in [5, 5.41) is 0. The second kappa shape index (κ2) is 12.3. The van der Waals surface area contributed by atoms with Crippen LogP contribution in [-0.2, 0) is 19.0 Å². The topological polar surface area (TPSA) is 61.8 Å². The minimum Gasteiger partial charge on any atom is -0.461 e. The van der Waals surface area contributed by atoms with Crippen LogP contribution in [0.2, 0.25) is 0 Å². The summed E-state index contributed by atoms with van der Waals surface area (Å²) in [5.74, 6) is 1.47. The van der Waals surface area contributed by atoms with E-state index in [0.717, 1.165) is 18.4 Å². The molecule has 1 heterocycles. The molecule has 210 valence electrons. The van der Waals surface area contributed by atoms with E-state index in [1.807, 2.05) is 0 Å². The number of hydrogen-bond acceptors (Lipinski definition) is 5. The van der Waals surface area contributed by atoms with E-state index in [9.17, 15) is 9.59 Å². The Morgan fingerprint density at radius 1 is 1.08 bits per heavy atom. The molecule has 5 nitrogen and oxygen atoms in total. The summed E-state index contributed by atoms with van der Waals surface area (Å²) in [4.78, 5) is 24.1. The molecule has 0 aromatic carbocycles. The minimum atomic E-state index is -0.959. The summed E-state index contributed by atoms with van der Waals surface area (Å²) in [6.45, 7) is 13.1. The zero-order valence-corrected chi connectivity index (χ0v) is 25.8. The van der Waals surface area contributed by atoms with Gasteiger partial charge < -0.3 is 14.2 Å². The number of ether oxygens (including phenoxy) is 3. The predicted molar refractivity (Wildman–Crippen MR) is 159 cm³/mol. The van der Waals surface area contributed by atoms with Gasteiger partial charge in [-0.15, -0.1) is 0 Å². The Balaban J connectivity index is 1.45. The molecule has 4 aliphatic rings. The van der Waals surface area contributed by atoms with Gasteiger partial charge >= 0.3 is 12.1 Å². The number of cyclic esters (lactones) is 2. The van der Waals surface area contributed by atoms with Crippen molar-refractivity contribution in [3.8, 4) is 0 Å². The molecule has 0 bridgehead atoms. The molecule has 0 N–H and O–H groups in total. The summed E-state index contributed by atoms with van der Waals surface area (Å²) in [6, 6.07) is 0. The van der Waals surface area contributed by atoms with E-state index >= 15 is 0 Å². The monoisotopic (exact) mass is 636 g/mol. The molecule has 4 rings (SSSR count). The number of alkyl halides is 1. The number of halogens is 1. The van der Waals surface area contributed by atoms with Gasteiger partial charge in [-0.05, 0) is 80.6 Å². The lowest BCUT2D eigenvalue weighted by Crippen LogP contribution is -2.45. The van der Waals surface area contributed by atoms with Crippen LogP contribution in [-0.4, -0.2) is 35.4 Å². The van der Waals surface area contributed by atoms with Crippen molar-refractivity contribution >= 4 is 34.7 Å². The molecule has 38 heavy (non-hydrogen) atoms. The van der Waals surface area contributed by atoms with E-state index in [0.29, 0.717) is 33.5 Å². The van der Waals surface area contributed by atoms with Gasteiger partial charge in [-0.1, -0.05) is 91.8 Å². The zero-order valence-electron chi connectivity index (χ0n) is 23.6. The van der Waals surface area contributed by atoms with Gasteiger partial charge in [0.25, 0.3) is 0 Å². The number of allylic oxidation sites excluding steroid dienone is 6. The lowest BCUT2D eigenvalue weighted by atomic mass is 9.60. The Kier molecular flexibility index (Phi) is 9.52. The lowest BCUT2D eigenvalue weighted by Gasteiger charge is -2.45. The summed E-state index contributed by atoms with van der Waals surface area (Å²) < 4.78 is 16.4. The number of hydrogen-bond donors (Lipinski definition) is 0. The Labute approximate surface area is 242 Å². The second-order valence-corrected chi connectivity index (χ2v) is 14.4. The number of rotatable bonds is 7. The van der Waals surface area contributed by atoms with Gasteiger partial charge in [-0.2, -0.15) is 0 Å². The Morgan fingerprint density at radius 3 is 2.50 bits per heavy atom. The van der Waals surface area contributed by atoms with Crippen LogP contribution in [0.15, 0.2) is 47.6 Å². The second-order valence-electron chi connectivity index (χ2n) is 12.4. The number of fused-ring (bicyclic) bond motifs is 1. The fraction of sp³-hybridized carbons (Fsp3) is 0.688. The van der Waals surface area contributed by atoms with E-state index in [4.69, 9.17) is 14.2 Å². The van der Waals surface area contributed by atoms with Crippen LogP contribution in [0.25, 0.3) is 0 Å². The third-order valence-electron chi connectivity index (χ3n) is 9.67. The van der Waals surface area contributed by atoms with Crippen molar-refractivity contribution in [2.24, 2.45) is 28.6 Å². The van der Waals surface area contributed by atoms with Gasteiger partial charge in [0.15, 0.2) is 0 Å². The van der Waals surface area contributed by atoms with Crippen molar-refractivity contribution in [3.63, 3.8) is 0 Å². The van der Waals surface area contributed by atoms with Crippen molar-refractivity contribution in [2.75, 3.05) is 13.2 Å². The van der Waals surface area contributed by atoms with Gasteiger partial charge in [0, 0.05) is 10.3 Å². The molecule has 0 amide bonds. The molecule has 6 atom stereocenters. The SMILES string of the molecule is C=C1CCC(OC(=O)C2(C)COC(=O)OC2)C/C1=C/C=C1\CCC[C@]2([C@H](C)/C=C/[C@H](C)C(C)I)CCC[C@@H]12.